The first-order valence-electron chi connectivity index (χ1n) is 4.84. The largest absolute Gasteiger partial charge is 0.489 e. The number of rotatable bonds is 4. The number of nitrogens with two attached hydrogens (primary N) is 1. The third-order valence-corrected chi connectivity index (χ3v) is 2.86. The maximum absolute atomic E-state index is 8.65. The van der Waals surface area contributed by atoms with E-state index in [4.69, 9.17) is 15.6 Å². The number of nitrogen functional groups attached to an aromatic ring is 1. The lowest BCUT2D eigenvalue weighted by atomic mass is 10.2. The number of ether oxygens (including phenoxy) is 1. The summed E-state index contributed by atoms with van der Waals surface area (Å²) in [6.45, 7) is 0.231. The van der Waals surface area contributed by atoms with Gasteiger partial charge in [-0.2, -0.15) is 0 Å². The first kappa shape index (κ1) is 10.9. The molecule has 0 spiro atoms. The van der Waals surface area contributed by atoms with Gasteiger partial charge in [0.05, 0.1) is 12.3 Å². The zero-order valence-electron chi connectivity index (χ0n) is 8.59. The Morgan fingerprint density at radius 2 is 2.31 bits per heavy atom. The molecule has 2 rings (SSSR count). The molecule has 0 unspecified atom stereocenters. The van der Waals surface area contributed by atoms with Crippen molar-refractivity contribution in [2.24, 2.45) is 0 Å². The van der Waals surface area contributed by atoms with Gasteiger partial charge < -0.3 is 15.6 Å². The Morgan fingerprint density at radius 1 is 1.44 bits per heavy atom. The fourth-order valence-corrected chi connectivity index (χ4v) is 1.97. The molecule has 0 fully saturated rings. The van der Waals surface area contributed by atoms with E-state index in [2.05, 4.69) is 4.98 Å². The van der Waals surface area contributed by atoms with E-state index in [9.17, 15) is 0 Å². The van der Waals surface area contributed by atoms with Gasteiger partial charge in [0.25, 0.3) is 0 Å². The van der Waals surface area contributed by atoms with Gasteiger partial charge in [-0.05, 0) is 18.2 Å². The molecule has 0 saturated carbocycles. The molecule has 0 aliphatic rings. The van der Waals surface area contributed by atoms with Gasteiger partial charge in [0, 0.05) is 17.1 Å². The Hall–Kier alpha value is -1.59. The second-order valence-corrected chi connectivity index (χ2v) is 4.06. The zero-order chi connectivity index (χ0) is 11.4. The topological polar surface area (TPSA) is 68.4 Å². The summed E-state index contributed by atoms with van der Waals surface area (Å²) in [4.78, 5) is 4.20. The van der Waals surface area contributed by atoms with Gasteiger partial charge in [-0.1, -0.05) is 0 Å². The number of hydrogen-bond donors (Lipinski definition) is 2. The number of hydrogen-bond acceptors (Lipinski definition) is 5. The fourth-order valence-electron chi connectivity index (χ4n) is 1.33. The van der Waals surface area contributed by atoms with Crippen molar-refractivity contribution in [1.29, 1.82) is 0 Å². The van der Waals surface area contributed by atoms with Crippen molar-refractivity contribution in [2.75, 3.05) is 18.9 Å². The van der Waals surface area contributed by atoms with Crippen LogP contribution in [0.25, 0.3) is 10.6 Å². The molecule has 0 aliphatic carbocycles. The quantitative estimate of drug-likeness (QED) is 0.794. The molecule has 0 bridgehead atoms. The van der Waals surface area contributed by atoms with E-state index in [-0.39, 0.29) is 13.2 Å². The molecule has 84 valence electrons. The fraction of sp³-hybridized carbons (Fsp3) is 0.182. The molecule has 1 aromatic heterocycles. The van der Waals surface area contributed by atoms with E-state index < -0.39 is 0 Å². The molecule has 1 aromatic carbocycles. The normalized spacial score (nSPS) is 10.3. The van der Waals surface area contributed by atoms with Crippen LogP contribution in [0.1, 0.15) is 0 Å². The monoisotopic (exact) mass is 236 g/mol. The molecule has 1 heterocycles. The number of anilines is 1. The van der Waals surface area contributed by atoms with E-state index in [1.165, 1.54) is 0 Å². The summed E-state index contributed by atoms with van der Waals surface area (Å²) < 4.78 is 5.27. The Kier molecular flexibility index (Phi) is 3.38. The Morgan fingerprint density at radius 3 is 2.94 bits per heavy atom. The van der Waals surface area contributed by atoms with E-state index in [1.807, 2.05) is 17.5 Å². The molecule has 0 saturated heterocycles. The number of benzene rings is 1. The van der Waals surface area contributed by atoms with Crippen LogP contribution in [0.15, 0.2) is 29.8 Å². The van der Waals surface area contributed by atoms with Crippen LogP contribution >= 0.6 is 11.3 Å². The smallest absolute Gasteiger partial charge is 0.142 e. The van der Waals surface area contributed by atoms with Crippen LogP contribution in [0, 0.1) is 0 Å². The van der Waals surface area contributed by atoms with E-state index in [0.717, 1.165) is 10.6 Å². The molecule has 3 N–H and O–H groups in total. The molecule has 0 amide bonds. The minimum Gasteiger partial charge on any atom is -0.489 e. The molecular weight excluding hydrogens is 224 g/mol. The van der Waals surface area contributed by atoms with Crippen molar-refractivity contribution in [3.05, 3.63) is 29.8 Å². The van der Waals surface area contributed by atoms with Crippen LogP contribution in [-0.4, -0.2) is 23.3 Å². The van der Waals surface area contributed by atoms with Crippen molar-refractivity contribution < 1.29 is 9.84 Å². The maximum atomic E-state index is 8.65. The summed E-state index contributed by atoms with van der Waals surface area (Å²) in [5.74, 6) is 0.592. The second kappa shape index (κ2) is 4.96. The number of aromatic nitrogens is 1. The molecule has 0 radical (unpaired) electrons. The standard InChI is InChI=1S/C11H12N2O2S/c12-9-7-8(11-13-3-6-16-11)1-2-10(9)15-5-4-14/h1-3,6-7,14H,4-5,12H2. The average molecular weight is 236 g/mol. The highest BCUT2D eigenvalue weighted by Crippen LogP contribution is 2.29. The van der Waals surface area contributed by atoms with Crippen molar-refractivity contribution in [2.45, 2.75) is 0 Å². The minimum atomic E-state index is -0.0202. The third kappa shape index (κ3) is 2.32. The van der Waals surface area contributed by atoms with Gasteiger partial charge in [-0.15, -0.1) is 11.3 Å². The molecule has 4 nitrogen and oxygen atoms in total. The van der Waals surface area contributed by atoms with Gasteiger partial charge >= 0.3 is 0 Å². The van der Waals surface area contributed by atoms with E-state index in [0.29, 0.717) is 11.4 Å². The molecule has 16 heavy (non-hydrogen) atoms. The Balaban J connectivity index is 2.23. The molecule has 0 aliphatic heterocycles. The van der Waals surface area contributed by atoms with Crippen LogP contribution in [0.4, 0.5) is 5.69 Å². The number of aliphatic hydroxyl groups excluding tert-OH is 1. The highest BCUT2D eigenvalue weighted by atomic mass is 32.1. The zero-order valence-corrected chi connectivity index (χ0v) is 9.41. The van der Waals surface area contributed by atoms with Gasteiger partial charge in [-0.25, -0.2) is 4.98 Å². The SMILES string of the molecule is Nc1cc(-c2nccs2)ccc1OCCO. The summed E-state index contributed by atoms with van der Waals surface area (Å²) in [6.07, 6.45) is 1.76. The lowest BCUT2D eigenvalue weighted by Gasteiger charge is -2.08. The third-order valence-electron chi connectivity index (χ3n) is 2.04. The van der Waals surface area contributed by atoms with E-state index >= 15 is 0 Å². The lowest BCUT2D eigenvalue weighted by Crippen LogP contribution is -2.03. The van der Waals surface area contributed by atoms with Crippen LogP contribution in [0.5, 0.6) is 5.75 Å². The number of aliphatic hydroxyl groups is 1. The van der Waals surface area contributed by atoms with Crippen molar-refractivity contribution >= 4 is 17.0 Å². The van der Waals surface area contributed by atoms with Crippen LogP contribution < -0.4 is 10.5 Å². The molecule has 0 atom stereocenters. The predicted octanol–water partition coefficient (Wildman–Crippen LogP) is 1.76. The van der Waals surface area contributed by atoms with Crippen LogP contribution in [0.3, 0.4) is 0 Å². The molecular formula is C11H12N2O2S. The summed E-state index contributed by atoms with van der Waals surface area (Å²) in [7, 11) is 0. The predicted molar refractivity (Wildman–Crippen MR) is 64.5 cm³/mol. The highest BCUT2D eigenvalue weighted by molar-refractivity contribution is 7.13. The second-order valence-electron chi connectivity index (χ2n) is 3.16. The number of nitrogens with zero attached hydrogens (tertiary/aromatic N) is 1. The number of thiazole rings is 1. The Labute approximate surface area is 97.3 Å². The van der Waals surface area contributed by atoms with Crippen molar-refractivity contribution in [3.63, 3.8) is 0 Å². The van der Waals surface area contributed by atoms with Crippen LogP contribution in [-0.2, 0) is 0 Å². The first-order valence-corrected chi connectivity index (χ1v) is 5.72. The first-order chi connectivity index (χ1) is 7.81. The average Bonchev–Trinajstić information content (AvgIpc) is 2.81. The molecule has 5 heteroatoms. The van der Waals surface area contributed by atoms with E-state index in [1.54, 1.807) is 23.6 Å². The van der Waals surface area contributed by atoms with Gasteiger partial charge in [-0.3, -0.25) is 0 Å². The minimum absolute atomic E-state index is 0.0202. The van der Waals surface area contributed by atoms with Crippen molar-refractivity contribution in [3.8, 4) is 16.3 Å². The summed E-state index contributed by atoms with van der Waals surface area (Å²) >= 11 is 1.56. The van der Waals surface area contributed by atoms with Gasteiger partial charge in [0.2, 0.25) is 0 Å². The summed E-state index contributed by atoms with van der Waals surface area (Å²) in [5, 5.41) is 11.5. The summed E-state index contributed by atoms with van der Waals surface area (Å²) in [5.41, 5.74) is 7.37. The molecule has 2 aromatic rings. The van der Waals surface area contributed by atoms with Crippen LogP contribution in [0.2, 0.25) is 0 Å². The summed E-state index contributed by atoms with van der Waals surface area (Å²) in [6, 6.07) is 5.52. The van der Waals surface area contributed by atoms with Crippen molar-refractivity contribution in [1.82, 2.24) is 4.98 Å². The van der Waals surface area contributed by atoms with Gasteiger partial charge in [0.1, 0.15) is 17.4 Å². The lowest BCUT2D eigenvalue weighted by molar-refractivity contribution is 0.202. The Bertz CT molecular complexity index is 457. The van der Waals surface area contributed by atoms with Gasteiger partial charge in [0.15, 0.2) is 0 Å². The highest BCUT2D eigenvalue weighted by Gasteiger charge is 2.05. The maximum Gasteiger partial charge on any atom is 0.142 e.